The van der Waals surface area contributed by atoms with E-state index in [4.69, 9.17) is 0 Å². The summed E-state index contributed by atoms with van der Waals surface area (Å²) in [5, 5.41) is 9.17. The number of hydrogen-bond acceptors (Lipinski definition) is 3. The van der Waals surface area contributed by atoms with E-state index in [0.717, 1.165) is 11.4 Å². The molecule has 0 saturated heterocycles. The van der Waals surface area contributed by atoms with E-state index in [2.05, 4.69) is 20.5 Å². The van der Waals surface area contributed by atoms with E-state index in [1.54, 1.807) is 13.1 Å². The Balaban J connectivity index is 2.30. The molecule has 0 aliphatic heterocycles. The molecule has 1 heterocycles. The first kappa shape index (κ1) is 10.4. The van der Waals surface area contributed by atoms with Crippen LogP contribution in [-0.4, -0.2) is 28.1 Å². The first-order valence-corrected chi connectivity index (χ1v) is 4.95. The second kappa shape index (κ2) is 4.57. The van der Waals surface area contributed by atoms with Gasteiger partial charge in [-0.15, -0.1) is 0 Å². The van der Waals surface area contributed by atoms with Crippen LogP contribution in [-0.2, 0) is 6.42 Å². The number of rotatable bonds is 3. The van der Waals surface area contributed by atoms with Gasteiger partial charge < -0.3 is 5.32 Å². The fourth-order valence-corrected chi connectivity index (χ4v) is 1.53. The molecule has 1 amide bonds. The number of nitrogens with one attached hydrogen (secondary N) is 2. The van der Waals surface area contributed by atoms with Gasteiger partial charge in [-0.05, 0) is 11.6 Å². The highest BCUT2D eigenvalue weighted by Crippen LogP contribution is 2.11. The van der Waals surface area contributed by atoms with Gasteiger partial charge in [-0.25, -0.2) is 4.98 Å². The minimum absolute atomic E-state index is 0.0879. The number of hydrogen-bond donors (Lipinski definition) is 2. The Morgan fingerprint density at radius 3 is 2.94 bits per heavy atom. The van der Waals surface area contributed by atoms with Gasteiger partial charge in [-0.3, -0.25) is 9.89 Å². The summed E-state index contributed by atoms with van der Waals surface area (Å²) in [7, 11) is 1.62. The zero-order chi connectivity index (χ0) is 11.4. The van der Waals surface area contributed by atoms with Gasteiger partial charge in [0, 0.05) is 19.0 Å². The number of amides is 1. The number of aromatic nitrogens is 3. The maximum atomic E-state index is 11.6. The lowest BCUT2D eigenvalue weighted by atomic mass is 10.0. The fourth-order valence-electron chi connectivity index (χ4n) is 1.53. The molecule has 2 rings (SSSR count). The molecular formula is C11H12N4O. The van der Waals surface area contributed by atoms with E-state index in [-0.39, 0.29) is 5.91 Å². The Hall–Kier alpha value is -2.17. The van der Waals surface area contributed by atoms with E-state index in [1.807, 2.05) is 18.2 Å². The van der Waals surface area contributed by atoms with E-state index in [1.165, 1.54) is 6.33 Å². The van der Waals surface area contributed by atoms with Crippen LogP contribution < -0.4 is 5.32 Å². The number of carbonyl (C=O) groups excluding carboxylic acids is 1. The third-order valence-electron chi connectivity index (χ3n) is 2.31. The second-order valence-corrected chi connectivity index (χ2v) is 3.35. The Kier molecular flexibility index (Phi) is 2.95. The first-order valence-electron chi connectivity index (χ1n) is 4.95. The maximum absolute atomic E-state index is 11.6. The topological polar surface area (TPSA) is 70.7 Å². The van der Waals surface area contributed by atoms with Crippen molar-refractivity contribution >= 4 is 5.91 Å². The Bertz CT molecular complexity index is 478. The number of nitrogens with zero attached hydrogens (tertiary/aromatic N) is 2. The lowest BCUT2D eigenvalue weighted by Gasteiger charge is -2.06. The van der Waals surface area contributed by atoms with Crippen LogP contribution in [0, 0.1) is 0 Å². The van der Waals surface area contributed by atoms with Gasteiger partial charge in [0.25, 0.3) is 5.91 Å². The van der Waals surface area contributed by atoms with Gasteiger partial charge in [0.1, 0.15) is 12.2 Å². The smallest absolute Gasteiger partial charge is 0.251 e. The molecule has 0 bridgehead atoms. The summed E-state index contributed by atoms with van der Waals surface area (Å²) >= 11 is 0. The number of H-pyrrole nitrogens is 1. The van der Waals surface area contributed by atoms with Crippen LogP contribution in [0.15, 0.2) is 30.6 Å². The van der Waals surface area contributed by atoms with Crippen molar-refractivity contribution in [2.75, 3.05) is 7.05 Å². The molecule has 0 atom stereocenters. The van der Waals surface area contributed by atoms with Crippen molar-refractivity contribution in [2.24, 2.45) is 0 Å². The monoisotopic (exact) mass is 216 g/mol. The van der Waals surface area contributed by atoms with Crippen LogP contribution in [0.5, 0.6) is 0 Å². The number of benzene rings is 1. The van der Waals surface area contributed by atoms with Crippen LogP contribution in [0.3, 0.4) is 0 Å². The Morgan fingerprint density at radius 1 is 1.44 bits per heavy atom. The summed E-state index contributed by atoms with van der Waals surface area (Å²) < 4.78 is 0. The van der Waals surface area contributed by atoms with Crippen LogP contribution in [0.4, 0.5) is 0 Å². The molecule has 5 heteroatoms. The van der Waals surface area contributed by atoms with Crippen LogP contribution in [0.25, 0.3) is 0 Å². The zero-order valence-electron chi connectivity index (χ0n) is 8.90. The number of carbonyl (C=O) groups is 1. The molecule has 16 heavy (non-hydrogen) atoms. The molecule has 5 nitrogen and oxygen atoms in total. The van der Waals surface area contributed by atoms with E-state index < -0.39 is 0 Å². The average molecular weight is 216 g/mol. The van der Waals surface area contributed by atoms with Crippen molar-refractivity contribution in [2.45, 2.75) is 6.42 Å². The highest BCUT2D eigenvalue weighted by molar-refractivity contribution is 5.95. The van der Waals surface area contributed by atoms with Crippen molar-refractivity contribution in [1.29, 1.82) is 0 Å². The zero-order valence-corrected chi connectivity index (χ0v) is 8.90. The van der Waals surface area contributed by atoms with Gasteiger partial charge in [0.2, 0.25) is 0 Å². The normalized spacial score (nSPS) is 10.1. The molecule has 0 fully saturated rings. The molecular weight excluding hydrogens is 204 g/mol. The molecule has 82 valence electrons. The third-order valence-corrected chi connectivity index (χ3v) is 2.31. The van der Waals surface area contributed by atoms with Crippen LogP contribution >= 0.6 is 0 Å². The quantitative estimate of drug-likeness (QED) is 0.795. The SMILES string of the molecule is CNC(=O)c1ccccc1Cc1ncn[nH]1. The predicted molar refractivity (Wildman–Crippen MR) is 59.0 cm³/mol. The molecule has 1 aromatic carbocycles. The predicted octanol–water partition coefficient (Wildman–Crippen LogP) is 0.755. The van der Waals surface area contributed by atoms with E-state index in [9.17, 15) is 4.79 Å². The van der Waals surface area contributed by atoms with E-state index in [0.29, 0.717) is 12.0 Å². The average Bonchev–Trinajstić information content (AvgIpc) is 2.82. The Labute approximate surface area is 92.9 Å². The summed E-state index contributed by atoms with van der Waals surface area (Å²) in [6.45, 7) is 0. The van der Waals surface area contributed by atoms with Crippen molar-refractivity contribution < 1.29 is 4.79 Å². The highest BCUT2D eigenvalue weighted by Gasteiger charge is 2.10. The van der Waals surface area contributed by atoms with Crippen molar-refractivity contribution in [1.82, 2.24) is 20.5 Å². The molecule has 0 spiro atoms. The van der Waals surface area contributed by atoms with Gasteiger partial charge in [0.05, 0.1) is 0 Å². The summed E-state index contributed by atoms with van der Waals surface area (Å²) in [6.07, 6.45) is 2.03. The van der Waals surface area contributed by atoms with Gasteiger partial charge >= 0.3 is 0 Å². The summed E-state index contributed by atoms with van der Waals surface area (Å²) in [5.41, 5.74) is 1.60. The van der Waals surface area contributed by atoms with Gasteiger partial charge in [0.15, 0.2) is 0 Å². The van der Waals surface area contributed by atoms with Crippen LogP contribution in [0.2, 0.25) is 0 Å². The van der Waals surface area contributed by atoms with Crippen LogP contribution in [0.1, 0.15) is 21.7 Å². The maximum Gasteiger partial charge on any atom is 0.251 e. The molecule has 1 aromatic heterocycles. The second-order valence-electron chi connectivity index (χ2n) is 3.35. The summed E-state index contributed by atoms with van der Waals surface area (Å²) in [4.78, 5) is 15.6. The molecule has 0 radical (unpaired) electrons. The number of aromatic amines is 1. The lowest BCUT2D eigenvalue weighted by Crippen LogP contribution is -2.19. The fraction of sp³-hybridized carbons (Fsp3) is 0.182. The first-order chi connectivity index (χ1) is 7.81. The minimum atomic E-state index is -0.0879. The molecule has 2 N–H and O–H groups in total. The lowest BCUT2D eigenvalue weighted by molar-refractivity contribution is 0.0962. The largest absolute Gasteiger partial charge is 0.355 e. The standard InChI is InChI=1S/C11H12N4O/c1-12-11(16)9-5-3-2-4-8(9)6-10-13-7-14-15-10/h2-5,7H,6H2,1H3,(H,12,16)(H,13,14,15). The summed E-state index contributed by atoms with van der Waals surface area (Å²) in [6, 6.07) is 7.45. The molecule has 0 aliphatic rings. The highest BCUT2D eigenvalue weighted by atomic mass is 16.1. The van der Waals surface area contributed by atoms with Crippen molar-refractivity contribution in [3.63, 3.8) is 0 Å². The minimum Gasteiger partial charge on any atom is -0.355 e. The third kappa shape index (κ3) is 2.08. The summed E-state index contributed by atoms with van der Waals surface area (Å²) in [5.74, 6) is 0.659. The van der Waals surface area contributed by atoms with Gasteiger partial charge in [-0.2, -0.15) is 5.10 Å². The van der Waals surface area contributed by atoms with Crippen molar-refractivity contribution in [3.05, 3.63) is 47.5 Å². The van der Waals surface area contributed by atoms with Crippen molar-refractivity contribution in [3.8, 4) is 0 Å². The molecule has 0 saturated carbocycles. The van der Waals surface area contributed by atoms with Gasteiger partial charge in [-0.1, -0.05) is 18.2 Å². The molecule has 0 aliphatic carbocycles. The Morgan fingerprint density at radius 2 is 2.25 bits per heavy atom. The molecule has 0 unspecified atom stereocenters. The van der Waals surface area contributed by atoms with E-state index >= 15 is 0 Å². The molecule has 2 aromatic rings.